The molecular formula is C18H20Cl3NO5. The number of esters is 1. The number of cyclic esters (lactones) is 1. The van der Waals surface area contributed by atoms with Crippen LogP contribution in [0.3, 0.4) is 0 Å². The Morgan fingerprint density at radius 3 is 2.59 bits per heavy atom. The van der Waals surface area contributed by atoms with Gasteiger partial charge in [-0.05, 0) is 29.7 Å². The zero-order chi connectivity index (χ0) is 20.0. The first-order valence-electron chi connectivity index (χ1n) is 8.80. The largest absolute Gasteiger partial charge is 0.460 e. The second-order valence-electron chi connectivity index (χ2n) is 8.92. The van der Waals surface area contributed by atoms with E-state index in [0.717, 1.165) is 18.4 Å². The van der Waals surface area contributed by atoms with Crippen LogP contribution < -0.4 is 5.32 Å². The van der Waals surface area contributed by atoms with E-state index in [-0.39, 0.29) is 28.6 Å². The molecule has 4 aliphatic rings. The average molecular weight is 437 g/mol. The van der Waals surface area contributed by atoms with E-state index in [4.69, 9.17) is 44.3 Å². The van der Waals surface area contributed by atoms with Crippen molar-refractivity contribution in [3.8, 4) is 0 Å². The zero-order valence-corrected chi connectivity index (χ0v) is 17.4. The van der Waals surface area contributed by atoms with Crippen molar-refractivity contribution in [1.29, 1.82) is 0 Å². The number of hydrogen-bond acceptors (Lipinski definition) is 5. The summed E-state index contributed by atoms with van der Waals surface area (Å²) in [5, 5.41) is 1.97. The van der Waals surface area contributed by atoms with Crippen molar-refractivity contribution in [2.75, 3.05) is 6.61 Å². The van der Waals surface area contributed by atoms with Crippen molar-refractivity contribution in [3.05, 3.63) is 11.6 Å². The van der Waals surface area contributed by atoms with Gasteiger partial charge in [0.25, 0.3) is 9.70 Å². The van der Waals surface area contributed by atoms with Crippen LogP contribution in [0.5, 0.6) is 0 Å². The molecule has 1 saturated heterocycles. The summed E-state index contributed by atoms with van der Waals surface area (Å²) in [5.74, 6) is -1.07. The first kappa shape index (κ1) is 19.3. The molecule has 0 aromatic rings. The molecule has 3 aliphatic carbocycles. The van der Waals surface area contributed by atoms with Gasteiger partial charge in [0.1, 0.15) is 12.7 Å². The van der Waals surface area contributed by atoms with E-state index < -0.39 is 27.3 Å². The second kappa shape index (κ2) is 5.55. The van der Waals surface area contributed by atoms with E-state index in [1.807, 2.05) is 25.2 Å². The summed E-state index contributed by atoms with van der Waals surface area (Å²) >= 11 is 16.5. The van der Waals surface area contributed by atoms with Crippen molar-refractivity contribution >= 4 is 52.8 Å². The normalized spacial score (nSPS) is 40.9. The van der Waals surface area contributed by atoms with Crippen LogP contribution in [0.1, 0.15) is 33.6 Å². The van der Waals surface area contributed by atoms with Crippen LogP contribution in [0.25, 0.3) is 0 Å². The van der Waals surface area contributed by atoms with Gasteiger partial charge in [-0.1, -0.05) is 61.7 Å². The lowest BCUT2D eigenvalue weighted by molar-refractivity contribution is -0.143. The molecule has 0 bridgehead atoms. The van der Waals surface area contributed by atoms with Gasteiger partial charge in [0, 0.05) is 11.3 Å². The maximum absolute atomic E-state index is 12.4. The zero-order valence-electron chi connectivity index (χ0n) is 15.1. The Morgan fingerprint density at radius 2 is 1.96 bits per heavy atom. The van der Waals surface area contributed by atoms with Crippen LogP contribution in [0.4, 0.5) is 4.79 Å². The highest BCUT2D eigenvalue weighted by molar-refractivity contribution is 6.76. The molecule has 6 nitrogen and oxygen atoms in total. The molecule has 3 fully saturated rings. The van der Waals surface area contributed by atoms with Crippen molar-refractivity contribution < 1.29 is 23.9 Å². The predicted octanol–water partition coefficient (Wildman–Crippen LogP) is 3.53. The molecule has 9 heteroatoms. The molecule has 4 rings (SSSR count). The van der Waals surface area contributed by atoms with E-state index in [1.54, 1.807) is 0 Å². The van der Waals surface area contributed by atoms with E-state index in [2.05, 4.69) is 6.92 Å². The van der Waals surface area contributed by atoms with Crippen molar-refractivity contribution in [2.45, 2.75) is 43.5 Å². The standard InChI is InChI=1S/C18H20Cl3NO5/c1-15(2)5-10-9(11(15)27-14(25)22-12(23)18(19,20)21)4-8-6-26-13(24)17(8)7-16(10,17)3/h4,9-11H,5-7H2,1-3H3,(H,22,23,25)/t9-,10-,11+,16+,17-/m0/s1. The highest BCUT2D eigenvalue weighted by Gasteiger charge is 2.80. The summed E-state index contributed by atoms with van der Waals surface area (Å²) in [4.78, 5) is 36.3. The molecule has 1 heterocycles. The number of ether oxygens (including phenoxy) is 2. The number of amides is 2. The first-order chi connectivity index (χ1) is 12.3. The van der Waals surface area contributed by atoms with Gasteiger partial charge in [-0.2, -0.15) is 0 Å². The second-order valence-corrected chi connectivity index (χ2v) is 11.2. The Balaban J connectivity index is 1.59. The highest BCUT2D eigenvalue weighted by Crippen LogP contribution is 2.79. The third-order valence-corrected chi connectivity index (χ3v) is 7.50. The summed E-state index contributed by atoms with van der Waals surface area (Å²) in [6.07, 6.45) is 2.20. The molecule has 148 valence electrons. The number of nitrogens with one attached hydrogen (secondary N) is 1. The molecule has 0 aromatic heterocycles. The third kappa shape index (κ3) is 2.56. The Hall–Kier alpha value is -0.980. The minimum Gasteiger partial charge on any atom is -0.460 e. The fraction of sp³-hybridized carbons (Fsp3) is 0.722. The Morgan fingerprint density at radius 1 is 1.30 bits per heavy atom. The Kier molecular flexibility index (Phi) is 3.97. The molecule has 1 spiro atoms. The van der Waals surface area contributed by atoms with Crippen LogP contribution in [0, 0.1) is 28.1 Å². The molecular weight excluding hydrogens is 417 g/mol. The lowest BCUT2D eigenvalue weighted by Crippen LogP contribution is -2.44. The fourth-order valence-electron chi connectivity index (χ4n) is 5.63. The van der Waals surface area contributed by atoms with Crippen LogP contribution in [0.15, 0.2) is 11.6 Å². The summed E-state index contributed by atoms with van der Waals surface area (Å²) in [6.45, 7) is 6.45. The quantitative estimate of drug-likeness (QED) is 0.386. The number of carbonyl (C=O) groups is 3. The third-order valence-electron chi connectivity index (χ3n) is 6.99. The van der Waals surface area contributed by atoms with E-state index in [1.165, 1.54) is 0 Å². The molecule has 2 amide bonds. The van der Waals surface area contributed by atoms with Gasteiger partial charge in [-0.15, -0.1) is 0 Å². The number of alkyl halides is 3. The number of halogens is 3. The number of imide groups is 1. The van der Waals surface area contributed by atoms with Gasteiger partial charge in [-0.3, -0.25) is 14.9 Å². The number of carbonyl (C=O) groups excluding carboxylic acids is 3. The van der Waals surface area contributed by atoms with Gasteiger partial charge in [0.05, 0.1) is 5.41 Å². The van der Waals surface area contributed by atoms with E-state index in [9.17, 15) is 14.4 Å². The molecule has 1 aliphatic heterocycles. The van der Waals surface area contributed by atoms with Gasteiger partial charge in [0.2, 0.25) is 0 Å². The lowest BCUT2D eigenvalue weighted by Gasteiger charge is -2.34. The molecule has 1 N–H and O–H groups in total. The van der Waals surface area contributed by atoms with Crippen molar-refractivity contribution in [1.82, 2.24) is 5.32 Å². The number of alkyl carbamates (subject to hydrolysis) is 1. The van der Waals surface area contributed by atoms with Crippen molar-refractivity contribution in [2.24, 2.45) is 28.1 Å². The van der Waals surface area contributed by atoms with Crippen LogP contribution >= 0.6 is 34.8 Å². The predicted molar refractivity (Wildman–Crippen MR) is 98.3 cm³/mol. The van der Waals surface area contributed by atoms with Gasteiger partial charge in [-0.25, -0.2) is 4.79 Å². The SMILES string of the molecule is CC1(C)C[C@H]2[C@H](C=C3COC(=O)[C@]34C[C@]24C)[C@H]1OC(=O)NC(=O)C(Cl)(Cl)Cl. The lowest BCUT2D eigenvalue weighted by atomic mass is 9.69. The van der Waals surface area contributed by atoms with Crippen molar-refractivity contribution in [3.63, 3.8) is 0 Å². The number of hydrogen-bond donors (Lipinski definition) is 1. The fourth-order valence-corrected chi connectivity index (χ4v) is 5.78. The summed E-state index contributed by atoms with van der Waals surface area (Å²) in [6, 6.07) is 0. The summed E-state index contributed by atoms with van der Waals surface area (Å²) in [5.41, 5.74) is -0.0240. The molecule has 5 atom stereocenters. The maximum atomic E-state index is 12.4. The highest BCUT2D eigenvalue weighted by atomic mass is 35.6. The summed E-state index contributed by atoms with van der Waals surface area (Å²) in [7, 11) is 0. The molecule has 0 unspecified atom stereocenters. The molecule has 27 heavy (non-hydrogen) atoms. The Bertz CT molecular complexity index is 788. The molecule has 2 saturated carbocycles. The Labute approximate surface area is 171 Å². The van der Waals surface area contributed by atoms with Gasteiger partial charge < -0.3 is 9.47 Å². The van der Waals surface area contributed by atoms with Crippen LogP contribution in [-0.4, -0.2) is 34.5 Å². The van der Waals surface area contributed by atoms with Gasteiger partial charge >= 0.3 is 12.1 Å². The number of rotatable bonds is 1. The van der Waals surface area contributed by atoms with Crippen LogP contribution in [0.2, 0.25) is 0 Å². The van der Waals surface area contributed by atoms with E-state index >= 15 is 0 Å². The molecule has 0 aromatic carbocycles. The first-order valence-corrected chi connectivity index (χ1v) is 9.93. The monoisotopic (exact) mass is 435 g/mol. The molecule has 0 radical (unpaired) electrons. The minimum atomic E-state index is -2.25. The maximum Gasteiger partial charge on any atom is 0.414 e. The van der Waals surface area contributed by atoms with E-state index in [0.29, 0.717) is 6.61 Å². The average Bonchev–Trinajstić information content (AvgIpc) is 2.97. The smallest absolute Gasteiger partial charge is 0.414 e. The minimum absolute atomic E-state index is 0.0567. The number of fused-ring (bicyclic) bond motifs is 2. The topological polar surface area (TPSA) is 81.7 Å². The van der Waals surface area contributed by atoms with Gasteiger partial charge in [0.15, 0.2) is 0 Å². The summed E-state index contributed by atoms with van der Waals surface area (Å²) < 4.78 is 8.70. The van der Waals surface area contributed by atoms with Crippen LogP contribution in [-0.2, 0) is 19.1 Å².